The Hall–Kier alpha value is -0.680. The Morgan fingerprint density at radius 1 is 1.38 bits per heavy atom. The lowest BCUT2D eigenvalue weighted by Gasteiger charge is -2.23. The van der Waals surface area contributed by atoms with E-state index in [0.29, 0.717) is 5.06 Å². The molecule has 1 aliphatic heterocycles. The number of nitrogens with zero attached hydrogens (tertiary/aromatic N) is 1. The van der Waals surface area contributed by atoms with Crippen molar-refractivity contribution in [2.75, 3.05) is 0 Å². The summed E-state index contributed by atoms with van der Waals surface area (Å²) >= 11 is 9.70. The van der Waals surface area contributed by atoms with Crippen LogP contribution in [0.15, 0.2) is 0 Å². The van der Waals surface area contributed by atoms with Crippen molar-refractivity contribution in [3.63, 3.8) is 0 Å². The van der Waals surface area contributed by atoms with E-state index in [0.717, 1.165) is 12.8 Å². The third-order valence-electron chi connectivity index (χ3n) is 2.47. The molecule has 0 aromatic carbocycles. The molecule has 2 fully saturated rings. The maximum absolute atomic E-state index is 11.4. The first-order chi connectivity index (χ1) is 6.11. The Balaban J connectivity index is 2.15. The fourth-order valence-electron chi connectivity index (χ4n) is 1.66. The van der Waals surface area contributed by atoms with Crippen LogP contribution < -0.4 is 0 Å². The average molecular weight is 220 g/mol. The number of carbonyl (C=O) groups excluding carboxylic acids is 2. The molecule has 0 aromatic heterocycles. The van der Waals surface area contributed by atoms with Gasteiger partial charge >= 0.3 is 0 Å². The number of fused-ring (bicyclic) bond motifs is 1. The number of carbonyl (C=O) groups is 2. The van der Waals surface area contributed by atoms with Crippen LogP contribution in [0.1, 0.15) is 12.8 Å². The minimum atomic E-state index is -0.331. The van der Waals surface area contributed by atoms with Crippen molar-refractivity contribution in [1.29, 1.82) is 0 Å². The topological polar surface area (TPSA) is 46.6 Å². The molecule has 2 rings (SSSR count). The van der Waals surface area contributed by atoms with E-state index in [2.05, 4.69) is 17.1 Å². The summed E-state index contributed by atoms with van der Waals surface area (Å²) in [7, 11) is 0. The summed E-state index contributed by atoms with van der Waals surface area (Å²) in [6.45, 7) is 0. The van der Waals surface area contributed by atoms with E-state index in [4.69, 9.17) is 11.6 Å². The molecular weight excluding hydrogens is 214 g/mol. The van der Waals surface area contributed by atoms with Gasteiger partial charge < -0.3 is 4.84 Å². The monoisotopic (exact) mass is 219 g/mol. The quantitative estimate of drug-likeness (QED) is 0.373. The van der Waals surface area contributed by atoms with Gasteiger partial charge in [0.05, 0.1) is 11.8 Å². The minimum Gasteiger partial charge on any atom is -0.344 e. The SMILES string of the molecule is O=C1C2CCC2C(=O)N1OC(=S)Cl. The summed E-state index contributed by atoms with van der Waals surface area (Å²) in [6.07, 6.45) is 1.51. The Morgan fingerprint density at radius 3 is 2.15 bits per heavy atom. The molecule has 2 atom stereocenters. The summed E-state index contributed by atoms with van der Waals surface area (Å²) in [4.78, 5) is 27.4. The summed E-state index contributed by atoms with van der Waals surface area (Å²) in [5.74, 6) is -1.02. The molecule has 4 nitrogen and oxygen atoms in total. The molecule has 70 valence electrons. The summed E-state index contributed by atoms with van der Waals surface area (Å²) in [5.41, 5.74) is 0. The molecule has 0 aromatic rings. The molecule has 0 spiro atoms. The molecule has 13 heavy (non-hydrogen) atoms. The van der Waals surface area contributed by atoms with Gasteiger partial charge in [-0.25, -0.2) is 0 Å². The van der Waals surface area contributed by atoms with Gasteiger partial charge in [0.1, 0.15) is 0 Å². The molecular formula is C7H6ClNO3S. The van der Waals surface area contributed by atoms with Gasteiger partial charge in [-0.3, -0.25) is 9.59 Å². The third kappa shape index (κ3) is 1.23. The number of halogens is 1. The molecule has 2 amide bonds. The molecule has 0 N–H and O–H groups in total. The predicted molar refractivity (Wildman–Crippen MR) is 47.6 cm³/mol. The normalized spacial score (nSPS) is 31.3. The van der Waals surface area contributed by atoms with Gasteiger partial charge in [0.25, 0.3) is 16.3 Å². The molecule has 2 aliphatic rings. The van der Waals surface area contributed by atoms with Crippen molar-refractivity contribution < 1.29 is 14.4 Å². The Labute approximate surface area is 84.7 Å². The van der Waals surface area contributed by atoms with Crippen LogP contribution in [0, 0.1) is 11.8 Å². The van der Waals surface area contributed by atoms with Crippen molar-refractivity contribution >= 4 is 40.1 Å². The Morgan fingerprint density at radius 2 is 1.85 bits per heavy atom. The number of rotatable bonds is 1. The minimum absolute atomic E-state index is 0.196. The van der Waals surface area contributed by atoms with Gasteiger partial charge in [0, 0.05) is 0 Å². The molecule has 1 heterocycles. The first kappa shape index (κ1) is 8.90. The van der Waals surface area contributed by atoms with Gasteiger partial charge in [-0.2, -0.15) is 0 Å². The lowest BCUT2D eigenvalue weighted by Crippen LogP contribution is -2.31. The number of hydrogen-bond donors (Lipinski definition) is 0. The summed E-state index contributed by atoms with van der Waals surface area (Å²) < 4.78 is -0.331. The lowest BCUT2D eigenvalue weighted by molar-refractivity contribution is -0.167. The first-order valence-electron chi connectivity index (χ1n) is 3.86. The van der Waals surface area contributed by atoms with Crippen LogP contribution in [0.2, 0.25) is 0 Å². The van der Waals surface area contributed by atoms with Gasteiger partial charge in [0.15, 0.2) is 0 Å². The highest BCUT2D eigenvalue weighted by atomic mass is 35.5. The van der Waals surface area contributed by atoms with E-state index in [1.54, 1.807) is 0 Å². The maximum Gasteiger partial charge on any atom is 0.287 e. The van der Waals surface area contributed by atoms with Gasteiger partial charge in [0.2, 0.25) is 0 Å². The third-order valence-corrected chi connectivity index (χ3v) is 2.62. The Bertz CT molecular complexity index is 284. The number of imide groups is 1. The van der Waals surface area contributed by atoms with E-state index in [-0.39, 0.29) is 28.2 Å². The number of hydrogen-bond acceptors (Lipinski definition) is 4. The van der Waals surface area contributed by atoms with E-state index in [1.165, 1.54) is 0 Å². The molecule has 1 aliphatic carbocycles. The molecule has 2 unspecified atom stereocenters. The van der Waals surface area contributed by atoms with Crippen LogP contribution in [0.3, 0.4) is 0 Å². The summed E-state index contributed by atoms with van der Waals surface area (Å²) in [5, 5.41) is 0.692. The molecule has 1 saturated carbocycles. The van der Waals surface area contributed by atoms with E-state index in [9.17, 15) is 9.59 Å². The first-order valence-corrected chi connectivity index (χ1v) is 4.65. The van der Waals surface area contributed by atoms with Crippen LogP contribution in [0.5, 0.6) is 0 Å². The number of hydroxylamine groups is 2. The van der Waals surface area contributed by atoms with Crippen molar-refractivity contribution in [1.82, 2.24) is 5.06 Å². The summed E-state index contributed by atoms with van der Waals surface area (Å²) in [6, 6.07) is 0. The van der Waals surface area contributed by atoms with Crippen LogP contribution in [0.25, 0.3) is 0 Å². The zero-order valence-corrected chi connectivity index (χ0v) is 8.10. The molecule has 0 bridgehead atoms. The highest BCUT2D eigenvalue weighted by molar-refractivity contribution is 7.82. The van der Waals surface area contributed by atoms with Crippen molar-refractivity contribution in [3.05, 3.63) is 0 Å². The predicted octanol–water partition coefficient (Wildman–Crippen LogP) is 0.837. The fraction of sp³-hybridized carbons (Fsp3) is 0.571. The van der Waals surface area contributed by atoms with Gasteiger partial charge in [-0.15, -0.1) is 5.06 Å². The van der Waals surface area contributed by atoms with Crippen LogP contribution >= 0.6 is 23.8 Å². The van der Waals surface area contributed by atoms with Gasteiger partial charge in [-0.05, 0) is 36.7 Å². The second kappa shape index (κ2) is 2.92. The van der Waals surface area contributed by atoms with Crippen molar-refractivity contribution in [2.45, 2.75) is 12.8 Å². The number of thiocarbonyl (C=S) groups is 1. The molecule has 1 saturated heterocycles. The Kier molecular flexibility index (Phi) is 2.00. The highest BCUT2D eigenvalue weighted by Gasteiger charge is 2.54. The van der Waals surface area contributed by atoms with Crippen LogP contribution in [-0.2, 0) is 14.4 Å². The highest BCUT2D eigenvalue weighted by Crippen LogP contribution is 2.42. The second-order valence-corrected chi connectivity index (χ2v) is 4.03. The van der Waals surface area contributed by atoms with Crippen molar-refractivity contribution in [3.8, 4) is 0 Å². The zero-order chi connectivity index (χ0) is 9.59. The number of amides is 2. The zero-order valence-electron chi connectivity index (χ0n) is 6.53. The molecule has 6 heteroatoms. The maximum atomic E-state index is 11.4. The lowest BCUT2D eigenvalue weighted by atomic mass is 9.76. The second-order valence-electron chi connectivity index (χ2n) is 3.09. The van der Waals surface area contributed by atoms with E-state index in [1.807, 2.05) is 0 Å². The largest absolute Gasteiger partial charge is 0.344 e. The van der Waals surface area contributed by atoms with Crippen molar-refractivity contribution in [2.24, 2.45) is 11.8 Å². The molecule has 0 radical (unpaired) electrons. The van der Waals surface area contributed by atoms with Gasteiger partial charge in [-0.1, -0.05) is 0 Å². The van der Waals surface area contributed by atoms with Crippen LogP contribution in [-0.4, -0.2) is 21.4 Å². The van der Waals surface area contributed by atoms with Crippen LogP contribution in [0.4, 0.5) is 0 Å². The van der Waals surface area contributed by atoms with E-state index >= 15 is 0 Å². The van der Waals surface area contributed by atoms with E-state index < -0.39 is 0 Å². The fourth-order valence-corrected chi connectivity index (χ4v) is 1.81. The standard InChI is InChI=1S/C7H6ClNO3S/c8-7(13)12-9-5(10)3-1-2-4(3)6(9)11/h3-4H,1-2H2. The smallest absolute Gasteiger partial charge is 0.287 e. The average Bonchev–Trinajstić information content (AvgIpc) is 2.08.